The molecule has 150 valence electrons. The number of hydrogen-bond acceptors (Lipinski definition) is 2. The molecule has 0 bridgehead atoms. The molecule has 0 atom stereocenters. The lowest BCUT2D eigenvalue weighted by atomic mass is 10.1. The third kappa shape index (κ3) is 6.01. The molecule has 2 aromatic heterocycles. The SMILES string of the molecule is CCCCCCCCCCCc1ccc(C=C2NC(c3ccc[nH]3)=CC2=O)[nH]1. The molecule has 0 saturated heterocycles. The normalized spacial score (nSPS) is 15.2. The van der Waals surface area contributed by atoms with Gasteiger partial charge in [0.1, 0.15) is 0 Å². The maximum absolute atomic E-state index is 12.2. The molecule has 0 amide bonds. The number of rotatable bonds is 12. The minimum atomic E-state index is 0.0136. The molecule has 0 saturated carbocycles. The van der Waals surface area contributed by atoms with E-state index in [9.17, 15) is 4.79 Å². The summed E-state index contributed by atoms with van der Waals surface area (Å²) in [7, 11) is 0. The number of carbonyl (C=O) groups is 1. The van der Waals surface area contributed by atoms with Crippen LogP contribution in [0.5, 0.6) is 0 Å². The lowest BCUT2D eigenvalue weighted by Crippen LogP contribution is -2.09. The van der Waals surface area contributed by atoms with Gasteiger partial charge in [0, 0.05) is 23.7 Å². The molecule has 0 unspecified atom stereocenters. The van der Waals surface area contributed by atoms with Crippen molar-refractivity contribution < 1.29 is 4.79 Å². The lowest BCUT2D eigenvalue weighted by molar-refractivity contribution is -0.111. The maximum atomic E-state index is 12.2. The van der Waals surface area contributed by atoms with Crippen molar-refractivity contribution in [1.29, 1.82) is 0 Å². The Morgan fingerprint density at radius 2 is 1.68 bits per heavy atom. The minimum absolute atomic E-state index is 0.0136. The first-order valence-electron chi connectivity index (χ1n) is 10.8. The summed E-state index contributed by atoms with van der Waals surface area (Å²) in [6.45, 7) is 2.27. The van der Waals surface area contributed by atoms with Gasteiger partial charge in [-0.25, -0.2) is 0 Å². The topological polar surface area (TPSA) is 60.7 Å². The first-order chi connectivity index (χ1) is 13.8. The number of nitrogens with one attached hydrogen (secondary N) is 3. The first kappa shape index (κ1) is 20.2. The lowest BCUT2D eigenvalue weighted by Gasteiger charge is -2.03. The molecule has 1 aliphatic heterocycles. The molecule has 0 aromatic carbocycles. The summed E-state index contributed by atoms with van der Waals surface area (Å²) in [5, 5.41) is 3.21. The summed E-state index contributed by atoms with van der Waals surface area (Å²) in [6, 6.07) is 8.06. The fraction of sp³-hybridized carbons (Fsp3) is 0.458. The van der Waals surface area contributed by atoms with Crippen molar-refractivity contribution in [3.05, 3.63) is 59.3 Å². The van der Waals surface area contributed by atoms with Crippen LogP contribution in [0, 0.1) is 0 Å². The van der Waals surface area contributed by atoms with Crippen molar-refractivity contribution in [3.8, 4) is 0 Å². The number of aromatic nitrogens is 2. The van der Waals surface area contributed by atoms with Crippen LogP contribution < -0.4 is 5.32 Å². The molecule has 0 fully saturated rings. The van der Waals surface area contributed by atoms with Crippen molar-refractivity contribution in [1.82, 2.24) is 15.3 Å². The predicted octanol–water partition coefficient (Wildman–Crippen LogP) is 5.97. The zero-order valence-corrected chi connectivity index (χ0v) is 17.0. The van der Waals surface area contributed by atoms with Gasteiger partial charge in [-0.1, -0.05) is 58.3 Å². The van der Waals surface area contributed by atoms with Crippen LogP contribution in [0.3, 0.4) is 0 Å². The Hall–Kier alpha value is -2.49. The number of aromatic amines is 2. The molecule has 3 rings (SSSR count). The number of carbonyl (C=O) groups excluding carboxylic acids is 1. The number of allylic oxidation sites excluding steroid dienone is 1. The van der Waals surface area contributed by atoms with Crippen LogP contribution in [0.2, 0.25) is 0 Å². The van der Waals surface area contributed by atoms with E-state index in [2.05, 4.69) is 34.3 Å². The Labute approximate surface area is 168 Å². The standard InChI is InChI=1S/C24H33N3O/c1-2-3-4-5-6-7-8-9-10-12-19-14-15-20(26-19)17-23-24(28)18-22(27-23)21-13-11-16-25-21/h11,13-18,25-27H,2-10,12H2,1H3. The fourth-order valence-corrected chi connectivity index (χ4v) is 3.67. The van der Waals surface area contributed by atoms with Crippen molar-refractivity contribution in [2.24, 2.45) is 0 Å². The van der Waals surface area contributed by atoms with E-state index in [0.717, 1.165) is 23.5 Å². The second-order valence-electron chi connectivity index (χ2n) is 7.71. The molecule has 4 nitrogen and oxygen atoms in total. The maximum Gasteiger partial charge on any atom is 0.204 e. The van der Waals surface area contributed by atoms with Gasteiger partial charge in [0.05, 0.1) is 17.1 Å². The third-order valence-electron chi connectivity index (χ3n) is 5.32. The Balaban J connectivity index is 1.38. The van der Waals surface area contributed by atoms with Crippen LogP contribution in [-0.2, 0) is 11.2 Å². The van der Waals surface area contributed by atoms with Gasteiger partial charge < -0.3 is 15.3 Å². The highest BCUT2D eigenvalue weighted by Crippen LogP contribution is 2.20. The largest absolute Gasteiger partial charge is 0.360 e. The molecule has 2 aromatic rings. The third-order valence-corrected chi connectivity index (χ3v) is 5.32. The van der Waals surface area contributed by atoms with Crippen LogP contribution in [0.4, 0.5) is 0 Å². The first-order valence-corrected chi connectivity index (χ1v) is 10.8. The highest BCUT2D eigenvalue weighted by molar-refractivity contribution is 6.14. The van der Waals surface area contributed by atoms with Crippen LogP contribution in [0.25, 0.3) is 11.8 Å². The number of ketones is 1. The summed E-state index contributed by atoms with van der Waals surface area (Å²) in [5.41, 5.74) is 4.58. The Morgan fingerprint density at radius 3 is 2.39 bits per heavy atom. The zero-order chi connectivity index (χ0) is 19.6. The molecular weight excluding hydrogens is 346 g/mol. The molecule has 28 heavy (non-hydrogen) atoms. The Bertz CT molecular complexity index is 796. The molecule has 3 heterocycles. The average molecular weight is 380 g/mol. The number of hydrogen-bond donors (Lipinski definition) is 3. The molecule has 0 aliphatic carbocycles. The molecule has 4 heteroatoms. The van der Waals surface area contributed by atoms with Crippen molar-refractivity contribution >= 4 is 17.6 Å². The van der Waals surface area contributed by atoms with Gasteiger partial charge >= 0.3 is 0 Å². The Morgan fingerprint density at radius 1 is 0.929 bits per heavy atom. The van der Waals surface area contributed by atoms with Crippen LogP contribution in [-0.4, -0.2) is 15.8 Å². The van der Waals surface area contributed by atoms with E-state index in [1.165, 1.54) is 63.5 Å². The second-order valence-corrected chi connectivity index (χ2v) is 7.71. The summed E-state index contributed by atoms with van der Waals surface area (Å²) in [6.07, 6.45) is 18.6. The fourth-order valence-electron chi connectivity index (χ4n) is 3.67. The number of H-pyrrole nitrogens is 2. The van der Waals surface area contributed by atoms with Gasteiger partial charge in [0.15, 0.2) is 0 Å². The number of unbranched alkanes of at least 4 members (excludes halogenated alkanes) is 8. The van der Waals surface area contributed by atoms with Crippen LogP contribution in [0.15, 0.2) is 42.2 Å². The molecule has 1 aliphatic rings. The van der Waals surface area contributed by atoms with Gasteiger partial charge in [-0.2, -0.15) is 0 Å². The summed E-state index contributed by atoms with van der Waals surface area (Å²) >= 11 is 0. The minimum Gasteiger partial charge on any atom is -0.360 e. The average Bonchev–Trinajstić information content (AvgIpc) is 3.43. The van der Waals surface area contributed by atoms with Crippen LogP contribution >= 0.6 is 0 Å². The van der Waals surface area contributed by atoms with E-state index in [4.69, 9.17) is 0 Å². The quantitative estimate of drug-likeness (QED) is 0.314. The van der Waals surface area contributed by atoms with Gasteiger partial charge in [-0.05, 0) is 43.2 Å². The molecular formula is C24H33N3O. The van der Waals surface area contributed by atoms with Gasteiger partial charge in [0.2, 0.25) is 5.78 Å². The van der Waals surface area contributed by atoms with E-state index in [0.29, 0.717) is 5.70 Å². The number of aryl methyl sites for hydroxylation is 1. The van der Waals surface area contributed by atoms with Crippen LogP contribution in [0.1, 0.15) is 81.8 Å². The Kier molecular flexibility index (Phi) is 7.77. The zero-order valence-electron chi connectivity index (χ0n) is 17.0. The highest BCUT2D eigenvalue weighted by Gasteiger charge is 2.19. The predicted molar refractivity (Wildman–Crippen MR) is 117 cm³/mol. The highest BCUT2D eigenvalue weighted by atomic mass is 16.1. The van der Waals surface area contributed by atoms with Crippen molar-refractivity contribution in [2.75, 3.05) is 0 Å². The van der Waals surface area contributed by atoms with E-state index in [1.54, 1.807) is 6.08 Å². The smallest absolute Gasteiger partial charge is 0.204 e. The second kappa shape index (κ2) is 10.7. The van der Waals surface area contributed by atoms with Crippen molar-refractivity contribution in [2.45, 2.75) is 71.1 Å². The molecule has 0 spiro atoms. The summed E-state index contributed by atoms with van der Waals surface area (Å²) in [4.78, 5) is 18.8. The van der Waals surface area contributed by atoms with Gasteiger partial charge in [-0.3, -0.25) is 4.79 Å². The van der Waals surface area contributed by atoms with Gasteiger partial charge in [0.25, 0.3) is 0 Å². The monoisotopic (exact) mass is 379 g/mol. The molecule has 3 N–H and O–H groups in total. The van der Waals surface area contributed by atoms with E-state index >= 15 is 0 Å². The molecule has 0 radical (unpaired) electrons. The summed E-state index contributed by atoms with van der Waals surface area (Å²) in [5.74, 6) is 0.0136. The van der Waals surface area contributed by atoms with E-state index in [1.807, 2.05) is 24.4 Å². The van der Waals surface area contributed by atoms with E-state index < -0.39 is 0 Å². The van der Waals surface area contributed by atoms with E-state index in [-0.39, 0.29) is 5.78 Å². The van der Waals surface area contributed by atoms with Gasteiger partial charge in [-0.15, -0.1) is 0 Å². The summed E-state index contributed by atoms with van der Waals surface area (Å²) < 4.78 is 0. The van der Waals surface area contributed by atoms with Crippen molar-refractivity contribution in [3.63, 3.8) is 0 Å².